The summed E-state index contributed by atoms with van der Waals surface area (Å²) < 4.78 is 3.97. The van der Waals surface area contributed by atoms with Gasteiger partial charge in [-0.1, -0.05) is 48.0 Å². The number of fused-ring (bicyclic) bond motifs is 3. The van der Waals surface area contributed by atoms with E-state index in [1.807, 2.05) is 47.9 Å². The summed E-state index contributed by atoms with van der Waals surface area (Å²) >= 11 is 0. The van der Waals surface area contributed by atoms with Gasteiger partial charge < -0.3 is 4.57 Å². The zero-order valence-corrected chi connectivity index (χ0v) is 16.4. The van der Waals surface area contributed by atoms with Gasteiger partial charge in [0.15, 0.2) is 5.78 Å². The number of aryl methyl sites for hydroxylation is 3. The SMILES string of the molecule is C=CCn1c2ccccc2n2nc(C)c(C(=O)/C=C/c3cc(C)ccc3C)c12. The first kappa shape index (κ1) is 18.0. The van der Waals surface area contributed by atoms with Crippen LogP contribution in [0, 0.1) is 20.8 Å². The van der Waals surface area contributed by atoms with Gasteiger partial charge in [-0.05, 0) is 50.1 Å². The second kappa shape index (κ2) is 6.97. The fourth-order valence-corrected chi connectivity index (χ4v) is 3.71. The highest BCUT2D eigenvalue weighted by molar-refractivity contribution is 6.12. The molecule has 0 unspecified atom stereocenters. The lowest BCUT2D eigenvalue weighted by Crippen LogP contribution is -2.02. The van der Waals surface area contributed by atoms with Crippen LogP contribution in [0.25, 0.3) is 22.8 Å². The molecule has 4 heteroatoms. The van der Waals surface area contributed by atoms with Gasteiger partial charge in [0.25, 0.3) is 0 Å². The molecular weight excluding hydrogens is 346 g/mol. The molecule has 0 aliphatic heterocycles. The molecule has 0 aliphatic rings. The van der Waals surface area contributed by atoms with Crippen LogP contribution >= 0.6 is 0 Å². The summed E-state index contributed by atoms with van der Waals surface area (Å²) in [7, 11) is 0. The first-order valence-electron chi connectivity index (χ1n) is 9.38. The number of ketones is 1. The van der Waals surface area contributed by atoms with Crippen LogP contribution in [0.5, 0.6) is 0 Å². The molecule has 0 saturated heterocycles. The van der Waals surface area contributed by atoms with Crippen LogP contribution in [0.4, 0.5) is 0 Å². The second-order valence-corrected chi connectivity index (χ2v) is 7.14. The highest BCUT2D eigenvalue weighted by Crippen LogP contribution is 2.26. The maximum Gasteiger partial charge on any atom is 0.191 e. The minimum Gasteiger partial charge on any atom is -0.320 e. The summed E-state index contributed by atoms with van der Waals surface area (Å²) in [6.07, 6.45) is 5.39. The Morgan fingerprint density at radius 1 is 1.11 bits per heavy atom. The fourth-order valence-electron chi connectivity index (χ4n) is 3.71. The van der Waals surface area contributed by atoms with Crippen molar-refractivity contribution in [3.63, 3.8) is 0 Å². The van der Waals surface area contributed by atoms with Crippen molar-refractivity contribution in [1.29, 1.82) is 0 Å². The number of carbonyl (C=O) groups is 1. The number of para-hydroxylation sites is 2. The largest absolute Gasteiger partial charge is 0.320 e. The van der Waals surface area contributed by atoms with Gasteiger partial charge in [-0.25, -0.2) is 4.52 Å². The van der Waals surface area contributed by atoms with Crippen LogP contribution in [0.15, 0.2) is 61.2 Å². The minimum absolute atomic E-state index is 0.0403. The molecule has 140 valence electrons. The van der Waals surface area contributed by atoms with E-state index < -0.39 is 0 Å². The molecule has 2 aromatic carbocycles. The number of hydrogen-bond acceptors (Lipinski definition) is 2. The molecule has 0 atom stereocenters. The zero-order chi connectivity index (χ0) is 19.8. The maximum absolute atomic E-state index is 13.2. The van der Waals surface area contributed by atoms with Crippen molar-refractivity contribution in [2.75, 3.05) is 0 Å². The quantitative estimate of drug-likeness (QED) is 0.272. The van der Waals surface area contributed by atoms with Gasteiger partial charge in [-0.3, -0.25) is 4.79 Å². The van der Waals surface area contributed by atoms with Crippen LogP contribution in [-0.2, 0) is 6.54 Å². The molecule has 2 aromatic heterocycles. The Morgan fingerprint density at radius 3 is 2.61 bits per heavy atom. The van der Waals surface area contributed by atoms with Gasteiger partial charge >= 0.3 is 0 Å². The molecule has 0 saturated carbocycles. The van der Waals surface area contributed by atoms with Gasteiger partial charge in [0.05, 0.1) is 22.3 Å². The third-order valence-corrected chi connectivity index (χ3v) is 5.10. The predicted molar refractivity (Wildman–Crippen MR) is 115 cm³/mol. The summed E-state index contributed by atoms with van der Waals surface area (Å²) in [6.45, 7) is 10.5. The maximum atomic E-state index is 13.2. The van der Waals surface area contributed by atoms with Gasteiger partial charge in [0.1, 0.15) is 5.65 Å². The minimum atomic E-state index is -0.0403. The van der Waals surface area contributed by atoms with Crippen LogP contribution in [-0.4, -0.2) is 20.0 Å². The van der Waals surface area contributed by atoms with E-state index in [1.54, 1.807) is 6.08 Å². The standard InChI is InChI=1S/C24H23N3O/c1-5-14-26-20-8-6-7-9-21(20)27-24(26)23(18(4)25-27)22(28)13-12-19-15-16(2)10-11-17(19)3/h5-13,15H,1,14H2,2-4H3/b13-12+. The topological polar surface area (TPSA) is 39.3 Å². The molecule has 0 spiro atoms. The van der Waals surface area contributed by atoms with Gasteiger partial charge in [-0.15, -0.1) is 6.58 Å². The zero-order valence-electron chi connectivity index (χ0n) is 16.4. The fraction of sp³-hybridized carbons (Fsp3) is 0.167. The Hall–Kier alpha value is -3.40. The third-order valence-electron chi connectivity index (χ3n) is 5.10. The van der Waals surface area contributed by atoms with Crippen molar-refractivity contribution in [2.24, 2.45) is 0 Å². The summed E-state index contributed by atoms with van der Waals surface area (Å²) in [5, 5.41) is 4.66. The van der Waals surface area contributed by atoms with Crippen molar-refractivity contribution >= 4 is 28.5 Å². The van der Waals surface area contributed by atoms with E-state index in [0.29, 0.717) is 12.1 Å². The normalized spacial score (nSPS) is 11.7. The molecular formula is C24H23N3O. The number of imidazole rings is 1. The Morgan fingerprint density at radius 2 is 1.86 bits per heavy atom. The lowest BCUT2D eigenvalue weighted by Gasteiger charge is -2.04. The van der Waals surface area contributed by atoms with Crippen molar-refractivity contribution in [3.8, 4) is 0 Å². The average molecular weight is 369 g/mol. The summed E-state index contributed by atoms with van der Waals surface area (Å²) in [4.78, 5) is 13.2. The van der Waals surface area contributed by atoms with Gasteiger partial charge in [0, 0.05) is 6.54 Å². The Labute approximate surface area is 164 Å². The highest BCUT2D eigenvalue weighted by atomic mass is 16.1. The number of aromatic nitrogens is 3. The highest BCUT2D eigenvalue weighted by Gasteiger charge is 2.21. The monoisotopic (exact) mass is 369 g/mol. The summed E-state index contributed by atoms with van der Waals surface area (Å²) in [6, 6.07) is 14.3. The van der Waals surface area contributed by atoms with Crippen LogP contribution in [0.2, 0.25) is 0 Å². The summed E-state index contributed by atoms with van der Waals surface area (Å²) in [5.74, 6) is -0.0403. The van der Waals surface area contributed by atoms with E-state index in [0.717, 1.165) is 33.5 Å². The predicted octanol–water partition coefficient (Wildman–Crippen LogP) is 5.30. The Balaban J connectivity index is 1.87. The van der Waals surface area contributed by atoms with E-state index in [1.165, 1.54) is 5.56 Å². The van der Waals surface area contributed by atoms with E-state index in [2.05, 4.69) is 48.3 Å². The van der Waals surface area contributed by atoms with Crippen molar-refractivity contribution in [3.05, 3.63) is 89.1 Å². The number of rotatable bonds is 5. The molecule has 4 nitrogen and oxygen atoms in total. The molecule has 28 heavy (non-hydrogen) atoms. The van der Waals surface area contributed by atoms with Crippen LogP contribution < -0.4 is 0 Å². The molecule has 0 fully saturated rings. The second-order valence-electron chi connectivity index (χ2n) is 7.14. The van der Waals surface area contributed by atoms with Gasteiger partial charge in [-0.2, -0.15) is 5.10 Å². The van der Waals surface area contributed by atoms with Crippen molar-refractivity contribution in [2.45, 2.75) is 27.3 Å². The van der Waals surface area contributed by atoms with Crippen molar-refractivity contribution < 1.29 is 4.79 Å². The number of allylic oxidation sites excluding steroid dienone is 2. The van der Waals surface area contributed by atoms with E-state index in [-0.39, 0.29) is 5.78 Å². The molecule has 0 amide bonds. The number of benzene rings is 2. The lowest BCUT2D eigenvalue weighted by molar-refractivity contribution is 0.104. The first-order valence-corrected chi connectivity index (χ1v) is 9.38. The third kappa shape index (κ3) is 2.87. The van der Waals surface area contributed by atoms with E-state index in [4.69, 9.17) is 0 Å². The first-order chi connectivity index (χ1) is 13.5. The summed E-state index contributed by atoms with van der Waals surface area (Å²) in [5.41, 5.74) is 7.58. The van der Waals surface area contributed by atoms with Crippen LogP contribution in [0.3, 0.4) is 0 Å². The molecule has 4 aromatic rings. The Bertz CT molecular complexity index is 1250. The Kier molecular flexibility index (Phi) is 4.47. The van der Waals surface area contributed by atoms with Crippen LogP contribution in [0.1, 0.15) is 32.7 Å². The van der Waals surface area contributed by atoms with E-state index in [9.17, 15) is 4.79 Å². The molecule has 0 radical (unpaired) electrons. The molecule has 4 rings (SSSR count). The number of carbonyl (C=O) groups excluding carboxylic acids is 1. The average Bonchev–Trinajstić information content (AvgIpc) is 3.17. The molecule has 2 heterocycles. The number of hydrogen-bond donors (Lipinski definition) is 0. The molecule has 0 N–H and O–H groups in total. The van der Waals surface area contributed by atoms with E-state index >= 15 is 0 Å². The number of nitrogens with zero attached hydrogens (tertiary/aromatic N) is 3. The van der Waals surface area contributed by atoms with Crippen molar-refractivity contribution in [1.82, 2.24) is 14.2 Å². The molecule has 0 aliphatic carbocycles. The smallest absolute Gasteiger partial charge is 0.191 e. The molecule has 0 bridgehead atoms. The van der Waals surface area contributed by atoms with Gasteiger partial charge in [0.2, 0.25) is 0 Å². The lowest BCUT2D eigenvalue weighted by atomic mass is 10.0.